The largest absolute Gasteiger partial charge is 0.508 e. The number of hydrogen-bond donors (Lipinski definition) is 4. The zero-order valence-corrected chi connectivity index (χ0v) is 13.7. The van der Waals surface area contributed by atoms with Crippen LogP contribution in [-0.2, 0) is 12.8 Å². The molecule has 4 N–H and O–H groups in total. The van der Waals surface area contributed by atoms with E-state index in [0.29, 0.717) is 23.1 Å². The summed E-state index contributed by atoms with van der Waals surface area (Å²) in [7, 11) is 0. The minimum atomic E-state index is -0.409. The molecule has 4 rings (SSSR count). The molecular formula is C21H16O5. The zero-order chi connectivity index (χ0) is 18.4. The van der Waals surface area contributed by atoms with Gasteiger partial charge in [0, 0.05) is 12.5 Å². The summed E-state index contributed by atoms with van der Waals surface area (Å²) in [6, 6.07) is 12.7. The van der Waals surface area contributed by atoms with E-state index in [1.165, 1.54) is 18.2 Å². The van der Waals surface area contributed by atoms with Crippen molar-refractivity contribution in [2.24, 2.45) is 0 Å². The zero-order valence-electron chi connectivity index (χ0n) is 13.7. The molecule has 0 radical (unpaired) electrons. The van der Waals surface area contributed by atoms with Gasteiger partial charge in [0.05, 0.1) is 11.1 Å². The van der Waals surface area contributed by atoms with Crippen molar-refractivity contribution in [1.82, 2.24) is 0 Å². The van der Waals surface area contributed by atoms with Gasteiger partial charge >= 0.3 is 0 Å². The molecule has 0 saturated carbocycles. The van der Waals surface area contributed by atoms with Crippen molar-refractivity contribution in [2.75, 3.05) is 0 Å². The number of fused-ring (bicyclic) bond motifs is 2. The fourth-order valence-corrected chi connectivity index (χ4v) is 3.45. The molecule has 130 valence electrons. The fraction of sp³-hybridized carbons (Fsp3) is 0.0952. The van der Waals surface area contributed by atoms with Crippen molar-refractivity contribution < 1.29 is 25.2 Å². The fourth-order valence-electron chi connectivity index (χ4n) is 3.45. The Morgan fingerprint density at radius 3 is 2.27 bits per heavy atom. The second-order valence-electron chi connectivity index (χ2n) is 6.41. The van der Waals surface area contributed by atoms with Crippen molar-refractivity contribution in [2.45, 2.75) is 12.8 Å². The van der Waals surface area contributed by atoms with E-state index in [2.05, 4.69) is 0 Å². The van der Waals surface area contributed by atoms with Gasteiger partial charge in [-0.3, -0.25) is 4.79 Å². The molecule has 1 aliphatic rings. The van der Waals surface area contributed by atoms with E-state index < -0.39 is 5.78 Å². The average molecular weight is 348 g/mol. The van der Waals surface area contributed by atoms with Crippen LogP contribution in [0.25, 0.3) is 0 Å². The van der Waals surface area contributed by atoms with Gasteiger partial charge in [-0.1, -0.05) is 30.3 Å². The quantitative estimate of drug-likeness (QED) is 0.446. The molecule has 0 heterocycles. The standard InChI is InChI=1S/C21H16O5/c22-15-7-6-11(17(24)10-15)8-14-5-4-13-9-12-2-1-3-16(23)18(12)21(26)19(13)20(14)25/h1-7,10,22-25H,8-9H2. The van der Waals surface area contributed by atoms with E-state index in [0.717, 1.165) is 5.56 Å². The molecule has 0 unspecified atom stereocenters. The number of carbonyl (C=O) groups excluding carboxylic acids is 1. The molecular weight excluding hydrogens is 332 g/mol. The van der Waals surface area contributed by atoms with Crippen LogP contribution in [0.5, 0.6) is 23.0 Å². The maximum atomic E-state index is 12.9. The summed E-state index contributed by atoms with van der Waals surface area (Å²) in [6.45, 7) is 0. The first-order valence-electron chi connectivity index (χ1n) is 8.16. The van der Waals surface area contributed by atoms with Crippen LogP contribution >= 0.6 is 0 Å². The molecule has 0 spiro atoms. The van der Waals surface area contributed by atoms with Gasteiger partial charge in [0.15, 0.2) is 0 Å². The highest BCUT2D eigenvalue weighted by molar-refractivity contribution is 6.15. The van der Waals surface area contributed by atoms with E-state index in [1.54, 1.807) is 30.3 Å². The lowest BCUT2D eigenvalue weighted by atomic mass is 9.82. The van der Waals surface area contributed by atoms with Crippen LogP contribution in [0.3, 0.4) is 0 Å². The number of aromatic hydroxyl groups is 4. The van der Waals surface area contributed by atoms with Crippen LogP contribution in [0, 0.1) is 0 Å². The molecule has 1 aliphatic carbocycles. The summed E-state index contributed by atoms with van der Waals surface area (Å²) in [5.74, 6) is -0.791. The molecule has 3 aromatic carbocycles. The van der Waals surface area contributed by atoms with Crippen molar-refractivity contribution in [1.29, 1.82) is 0 Å². The topological polar surface area (TPSA) is 98.0 Å². The average Bonchev–Trinajstić information content (AvgIpc) is 2.59. The van der Waals surface area contributed by atoms with Crippen molar-refractivity contribution in [3.8, 4) is 23.0 Å². The molecule has 0 fully saturated rings. The number of carbonyl (C=O) groups is 1. The molecule has 0 bridgehead atoms. The minimum absolute atomic E-state index is 0.0526. The van der Waals surface area contributed by atoms with Gasteiger partial charge < -0.3 is 20.4 Å². The van der Waals surface area contributed by atoms with Crippen molar-refractivity contribution in [3.63, 3.8) is 0 Å². The predicted octanol–water partition coefficient (Wildman–Crippen LogP) is 3.24. The Morgan fingerprint density at radius 1 is 0.769 bits per heavy atom. The lowest BCUT2D eigenvalue weighted by Crippen LogP contribution is -2.16. The third-order valence-corrected chi connectivity index (χ3v) is 4.76. The molecule has 0 aromatic heterocycles. The van der Waals surface area contributed by atoms with Crippen molar-refractivity contribution >= 4 is 5.78 Å². The van der Waals surface area contributed by atoms with Gasteiger partial charge in [0.25, 0.3) is 0 Å². The number of phenolic OH excluding ortho intramolecular Hbond substituents is 4. The smallest absolute Gasteiger partial charge is 0.201 e. The Kier molecular flexibility index (Phi) is 3.58. The second kappa shape index (κ2) is 5.81. The van der Waals surface area contributed by atoms with Gasteiger partial charge in [0.1, 0.15) is 23.0 Å². The van der Waals surface area contributed by atoms with E-state index in [4.69, 9.17) is 0 Å². The van der Waals surface area contributed by atoms with Crippen molar-refractivity contribution in [3.05, 3.63) is 81.9 Å². The number of ketones is 1. The van der Waals surface area contributed by atoms with Crippen LogP contribution in [0.2, 0.25) is 0 Å². The number of rotatable bonds is 2. The highest BCUT2D eigenvalue weighted by Crippen LogP contribution is 2.39. The Bertz CT molecular complexity index is 1050. The van der Waals surface area contributed by atoms with E-state index in [1.807, 2.05) is 0 Å². The van der Waals surface area contributed by atoms with Gasteiger partial charge in [-0.15, -0.1) is 0 Å². The molecule has 0 saturated heterocycles. The number of hydrogen-bond acceptors (Lipinski definition) is 5. The summed E-state index contributed by atoms with van der Waals surface area (Å²) < 4.78 is 0. The van der Waals surface area contributed by atoms with E-state index in [9.17, 15) is 25.2 Å². The lowest BCUT2D eigenvalue weighted by Gasteiger charge is -2.21. The summed E-state index contributed by atoms with van der Waals surface area (Å²) >= 11 is 0. The van der Waals surface area contributed by atoms with Gasteiger partial charge in [-0.05, 0) is 40.8 Å². The lowest BCUT2D eigenvalue weighted by molar-refractivity contribution is 0.102. The van der Waals surface area contributed by atoms with Crippen LogP contribution in [0.15, 0.2) is 48.5 Å². The molecule has 0 atom stereocenters. The summed E-state index contributed by atoms with van der Waals surface area (Å²) in [5, 5.41) is 40.1. The van der Waals surface area contributed by atoms with E-state index in [-0.39, 0.29) is 40.5 Å². The monoisotopic (exact) mass is 348 g/mol. The first-order valence-corrected chi connectivity index (χ1v) is 8.16. The third-order valence-electron chi connectivity index (χ3n) is 4.76. The van der Waals surface area contributed by atoms with Gasteiger partial charge in [-0.2, -0.15) is 0 Å². The number of benzene rings is 3. The van der Waals surface area contributed by atoms with Gasteiger partial charge in [-0.25, -0.2) is 0 Å². The van der Waals surface area contributed by atoms with Crippen LogP contribution < -0.4 is 0 Å². The summed E-state index contributed by atoms with van der Waals surface area (Å²) in [5.41, 5.74) is 2.84. The Hall–Kier alpha value is -3.47. The third kappa shape index (κ3) is 2.45. The van der Waals surface area contributed by atoms with Gasteiger partial charge in [0.2, 0.25) is 5.78 Å². The SMILES string of the molecule is O=C1c2c(O)cccc2Cc2ccc(Cc3ccc(O)cc3O)c(O)c21. The molecule has 0 amide bonds. The molecule has 3 aromatic rings. The maximum absolute atomic E-state index is 12.9. The van der Waals surface area contributed by atoms with E-state index >= 15 is 0 Å². The van der Waals surface area contributed by atoms with Crippen LogP contribution in [-0.4, -0.2) is 26.2 Å². The molecule has 0 aliphatic heterocycles. The normalized spacial score (nSPS) is 12.5. The van der Waals surface area contributed by atoms with Crippen LogP contribution in [0.4, 0.5) is 0 Å². The number of phenols is 4. The molecule has 5 heteroatoms. The predicted molar refractivity (Wildman–Crippen MR) is 95.0 cm³/mol. The first kappa shape index (κ1) is 16.0. The highest BCUT2D eigenvalue weighted by Gasteiger charge is 2.29. The Labute approximate surface area is 149 Å². The highest BCUT2D eigenvalue weighted by atomic mass is 16.3. The Balaban J connectivity index is 1.78. The summed E-state index contributed by atoms with van der Waals surface area (Å²) in [6.07, 6.45) is 0.648. The van der Waals surface area contributed by atoms with Crippen LogP contribution in [0.1, 0.15) is 38.2 Å². The molecule has 26 heavy (non-hydrogen) atoms. The molecule has 5 nitrogen and oxygen atoms in total. The Morgan fingerprint density at radius 2 is 1.50 bits per heavy atom. The maximum Gasteiger partial charge on any atom is 0.201 e. The second-order valence-corrected chi connectivity index (χ2v) is 6.41. The first-order chi connectivity index (χ1) is 12.5. The minimum Gasteiger partial charge on any atom is -0.508 e. The summed E-state index contributed by atoms with van der Waals surface area (Å²) in [4.78, 5) is 12.9.